The van der Waals surface area contributed by atoms with E-state index in [-0.39, 0.29) is 6.04 Å². The average Bonchev–Trinajstić information content (AvgIpc) is 3.67. The summed E-state index contributed by atoms with van der Waals surface area (Å²) in [5, 5.41) is 0. The van der Waals surface area contributed by atoms with E-state index >= 15 is 0 Å². The highest BCUT2D eigenvalue weighted by atomic mass is 16.5. The van der Waals surface area contributed by atoms with E-state index in [0.717, 1.165) is 53.1 Å². The first-order valence-corrected chi connectivity index (χ1v) is 13.5. The molecule has 3 aromatic carbocycles. The van der Waals surface area contributed by atoms with Crippen LogP contribution in [0.4, 0.5) is 5.82 Å². The molecule has 8 nitrogen and oxygen atoms in total. The maximum Gasteiger partial charge on any atom is 0.165 e. The van der Waals surface area contributed by atoms with Gasteiger partial charge in [0.2, 0.25) is 0 Å². The number of hydrogen-bond acceptors (Lipinski definition) is 7. The molecule has 0 saturated heterocycles. The number of aromatic nitrogens is 4. The average molecular weight is 536 g/mol. The molecule has 2 atom stereocenters. The molecular formula is C32H33N5O3. The molecule has 2 N–H and O–H groups in total. The third-order valence-corrected chi connectivity index (χ3v) is 8.00. The molecular weight excluding hydrogens is 502 g/mol. The Morgan fingerprint density at radius 1 is 0.800 bits per heavy atom. The van der Waals surface area contributed by atoms with E-state index in [1.54, 1.807) is 14.2 Å². The normalized spacial score (nSPS) is 17.2. The maximum atomic E-state index is 7.14. The summed E-state index contributed by atoms with van der Waals surface area (Å²) >= 11 is 0. The van der Waals surface area contributed by atoms with Crippen LogP contribution in [0.5, 0.6) is 11.5 Å². The van der Waals surface area contributed by atoms with Crippen LogP contribution in [0.25, 0.3) is 11.2 Å². The minimum Gasteiger partial charge on any atom is -0.497 e. The molecule has 0 unspecified atom stereocenters. The molecule has 6 rings (SSSR count). The molecule has 2 heterocycles. The van der Waals surface area contributed by atoms with Gasteiger partial charge in [-0.15, -0.1) is 0 Å². The molecule has 1 aliphatic rings. The Kier molecular flexibility index (Phi) is 7.09. The Bertz CT molecular complexity index is 1520. The predicted octanol–water partition coefficient (Wildman–Crippen LogP) is 5.78. The van der Waals surface area contributed by atoms with Crippen molar-refractivity contribution in [2.45, 2.75) is 30.9 Å². The lowest BCUT2D eigenvalue weighted by Gasteiger charge is -2.37. The van der Waals surface area contributed by atoms with E-state index < -0.39 is 5.60 Å². The Morgan fingerprint density at radius 2 is 1.43 bits per heavy atom. The minimum absolute atomic E-state index is 0.279. The summed E-state index contributed by atoms with van der Waals surface area (Å²) in [4.78, 5) is 13.0. The Hall–Kier alpha value is -4.43. The van der Waals surface area contributed by atoms with Crippen molar-refractivity contribution in [1.29, 1.82) is 0 Å². The number of methoxy groups -OCH3 is 2. The Labute approximate surface area is 233 Å². The number of nitrogens with zero attached hydrogens (tertiary/aromatic N) is 4. The van der Waals surface area contributed by atoms with E-state index in [1.165, 1.54) is 6.33 Å². The summed E-state index contributed by atoms with van der Waals surface area (Å²) in [6, 6.07) is 27.0. The molecule has 0 amide bonds. The van der Waals surface area contributed by atoms with Crippen LogP contribution in [0.15, 0.2) is 91.5 Å². The first kappa shape index (κ1) is 25.8. The zero-order chi connectivity index (χ0) is 27.5. The fraction of sp³-hybridized carbons (Fsp3) is 0.281. The van der Waals surface area contributed by atoms with Crippen molar-refractivity contribution in [3.63, 3.8) is 0 Å². The molecule has 1 aliphatic carbocycles. The van der Waals surface area contributed by atoms with Crippen LogP contribution in [0, 0.1) is 5.92 Å². The molecule has 0 bridgehead atoms. The van der Waals surface area contributed by atoms with Crippen molar-refractivity contribution in [3.8, 4) is 11.5 Å². The minimum atomic E-state index is -0.818. The van der Waals surface area contributed by atoms with E-state index in [4.69, 9.17) is 19.9 Å². The highest BCUT2D eigenvalue weighted by molar-refractivity contribution is 5.81. The standard InChI is InChI=1S/C32H33N5O3/c1-38-27-14-9-24(10-15-27)32(23-6-4-3-5-7-23,25-11-16-28(39-2)17-12-25)40-19-22-8-13-26(18-22)37-21-36-29-30(33)34-20-35-31(29)37/h3-7,9-12,14-17,20-22,26H,8,13,18-19H2,1-2H3,(H2,33,34,35)/t22-,26+/m0/s1. The second-order valence-electron chi connectivity index (χ2n) is 10.2. The van der Waals surface area contributed by atoms with Crippen molar-refractivity contribution in [1.82, 2.24) is 19.5 Å². The van der Waals surface area contributed by atoms with Crippen molar-refractivity contribution >= 4 is 17.0 Å². The third kappa shape index (κ3) is 4.64. The Balaban J connectivity index is 1.34. The fourth-order valence-electron chi connectivity index (χ4n) is 5.91. The molecule has 40 heavy (non-hydrogen) atoms. The van der Waals surface area contributed by atoms with Gasteiger partial charge in [0.05, 0.1) is 27.2 Å². The number of nitrogens with two attached hydrogens (primary N) is 1. The quantitative estimate of drug-likeness (QED) is 0.239. The van der Waals surface area contributed by atoms with E-state index in [9.17, 15) is 0 Å². The van der Waals surface area contributed by atoms with E-state index in [1.807, 2.05) is 36.7 Å². The zero-order valence-corrected chi connectivity index (χ0v) is 22.7. The predicted molar refractivity (Wildman–Crippen MR) is 154 cm³/mol. The summed E-state index contributed by atoms with van der Waals surface area (Å²) < 4.78 is 20.2. The van der Waals surface area contributed by atoms with Crippen molar-refractivity contribution in [2.24, 2.45) is 5.92 Å². The molecule has 204 valence electrons. The highest BCUT2D eigenvalue weighted by Gasteiger charge is 2.39. The third-order valence-electron chi connectivity index (χ3n) is 8.00. The first-order chi connectivity index (χ1) is 19.6. The van der Waals surface area contributed by atoms with Gasteiger partial charge in [0, 0.05) is 6.04 Å². The monoisotopic (exact) mass is 535 g/mol. The van der Waals surface area contributed by atoms with Gasteiger partial charge in [-0.2, -0.15) is 0 Å². The van der Waals surface area contributed by atoms with Crippen LogP contribution in [0.2, 0.25) is 0 Å². The summed E-state index contributed by atoms with van der Waals surface area (Å²) in [6.45, 7) is 0.590. The number of ether oxygens (including phenoxy) is 3. The van der Waals surface area contributed by atoms with Crippen molar-refractivity contribution in [2.75, 3.05) is 26.6 Å². The molecule has 1 fully saturated rings. The lowest BCUT2D eigenvalue weighted by Crippen LogP contribution is -2.34. The molecule has 0 aliphatic heterocycles. The van der Waals surface area contributed by atoms with Crippen LogP contribution in [0.1, 0.15) is 42.0 Å². The topological polar surface area (TPSA) is 97.3 Å². The lowest BCUT2D eigenvalue weighted by atomic mass is 9.80. The van der Waals surface area contributed by atoms with Gasteiger partial charge in [-0.25, -0.2) is 15.0 Å². The summed E-state index contributed by atoms with van der Waals surface area (Å²) in [5.74, 6) is 2.38. The fourth-order valence-corrected chi connectivity index (χ4v) is 5.91. The van der Waals surface area contributed by atoms with Gasteiger partial charge in [-0.1, -0.05) is 54.6 Å². The van der Waals surface area contributed by atoms with Crippen LogP contribution in [0.3, 0.4) is 0 Å². The molecule has 5 aromatic rings. The van der Waals surface area contributed by atoms with Crippen LogP contribution in [-0.4, -0.2) is 40.3 Å². The Morgan fingerprint density at radius 3 is 2.05 bits per heavy atom. The first-order valence-electron chi connectivity index (χ1n) is 13.5. The van der Waals surface area contributed by atoms with Crippen LogP contribution >= 0.6 is 0 Å². The van der Waals surface area contributed by atoms with Gasteiger partial charge in [0.1, 0.15) is 28.9 Å². The van der Waals surface area contributed by atoms with Gasteiger partial charge in [0.25, 0.3) is 0 Å². The van der Waals surface area contributed by atoms with Gasteiger partial charge in [-0.05, 0) is 66.1 Å². The molecule has 0 radical (unpaired) electrons. The smallest absolute Gasteiger partial charge is 0.165 e. The van der Waals surface area contributed by atoms with Crippen LogP contribution in [-0.2, 0) is 10.3 Å². The van der Waals surface area contributed by atoms with Crippen molar-refractivity contribution < 1.29 is 14.2 Å². The molecule has 2 aromatic heterocycles. The maximum absolute atomic E-state index is 7.14. The number of fused-ring (bicyclic) bond motifs is 1. The molecule has 8 heteroatoms. The second kappa shape index (κ2) is 11.0. The largest absolute Gasteiger partial charge is 0.497 e. The SMILES string of the molecule is COc1ccc(C(OC[C@H]2CC[C@@H](n3cnc4c(N)ncnc43)C2)(c2ccccc2)c2ccc(OC)cc2)cc1. The highest BCUT2D eigenvalue weighted by Crippen LogP contribution is 2.44. The molecule has 0 spiro atoms. The van der Waals surface area contributed by atoms with Gasteiger partial charge in [-0.3, -0.25) is 0 Å². The van der Waals surface area contributed by atoms with Gasteiger partial charge >= 0.3 is 0 Å². The zero-order valence-electron chi connectivity index (χ0n) is 22.7. The number of nitrogen functional groups attached to an aromatic ring is 1. The van der Waals surface area contributed by atoms with E-state index in [2.05, 4.69) is 68.0 Å². The summed E-state index contributed by atoms with van der Waals surface area (Å²) in [7, 11) is 3.36. The summed E-state index contributed by atoms with van der Waals surface area (Å²) in [6.07, 6.45) is 6.37. The van der Waals surface area contributed by atoms with Crippen LogP contribution < -0.4 is 15.2 Å². The van der Waals surface area contributed by atoms with E-state index in [0.29, 0.717) is 23.9 Å². The van der Waals surface area contributed by atoms with Crippen molar-refractivity contribution in [3.05, 3.63) is 108 Å². The van der Waals surface area contributed by atoms with Gasteiger partial charge in [0.15, 0.2) is 11.5 Å². The number of benzene rings is 3. The van der Waals surface area contributed by atoms with Gasteiger partial charge < -0.3 is 24.5 Å². The number of anilines is 1. The second-order valence-corrected chi connectivity index (χ2v) is 10.2. The number of rotatable bonds is 9. The number of hydrogen-bond donors (Lipinski definition) is 1. The lowest BCUT2D eigenvalue weighted by molar-refractivity contribution is -0.00767. The number of imidazole rings is 1. The summed E-state index contributed by atoms with van der Waals surface area (Å²) in [5.41, 5.74) is 9.79. The molecule has 1 saturated carbocycles.